The van der Waals surface area contributed by atoms with Crippen molar-refractivity contribution in [2.45, 2.75) is 19.3 Å². The van der Waals surface area contributed by atoms with Gasteiger partial charge in [0.05, 0.1) is 18.1 Å². The predicted octanol–water partition coefficient (Wildman–Crippen LogP) is 2.21. The Balaban J connectivity index is 0.00000180. The summed E-state index contributed by atoms with van der Waals surface area (Å²) in [6, 6.07) is 0. The molecule has 0 aliphatic rings. The van der Waals surface area contributed by atoms with E-state index in [0.717, 1.165) is 10.4 Å². The minimum atomic E-state index is -4.25. The summed E-state index contributed by atoms with van der Waals surface area (Å²) in [7, 11) is 1.78. The molecule has 0 aliphatic carbocycles. The van der Waals surface area contributed by atoms with Crippen LogP contribution >= 0.6 is 12.4 Å². The zero-order valence-corrected chi connectivity index (χ0v) is 10.9. The second-order valence-corrected chi connectivity index (χ2v) is 3.92. The van der Waals surface area contributed by atoms with E-state index in [1.807, 2.05) is 0 Å². The molecule has 0 unspecified atom stereocenters. The first-order chi connectivity index (χ1) is 8.42. The number of halogens is 4. The number of nitrogens with one attached hydrogen (secondary N) is 1. The van der Waals surface area contributed by atoms with E-state index in [-0.39, 0.29) is 12.4 Å². The maximum Gasteiger partial charge on any atom is 0.408 e. The molecule has 0 saturated carbocycles. The molecule has 0 atom stereocenters. The lowest BCUT2D eigenvalue weighted by atomic mass is 10.3. The summed E-state index contributed by atoms with van der Waals surface area (Å²) in [5, 5.41) is 10.7. The van der Waals surface area contributed by atoms with E-state index < -0.39 is 12.7 Å². The number of nitrogens with zero attached hydrogens (tertiary/aromatic N) is 4. The van der Waals surface area contributed by atoms with Crippen LogP contribution in [0.4, 0.5) is 18.9 Å². The Morgan fingerprint density at radius 3 is 2.53 bits per heavy atom. The molecular formula is C10H13ClF3N5. The molecule has 2 aromatic heterocycles. The van der Waals surface area contributed by atoms with Gasteiger partial charge in [-0.15, -0.1) is 12.4 Å². The van der Waals surface area contributed by atoms with Gasteiger partial charge in [-0.3, -0.25) is 9.36 Å². The van der Waals surface area contributed by atoms with Crippen molar-refractivity contribution in [1.82, 2.24) is 19.6 Å². The quantitative estimate of drug-likeness (QED) is 0.941. The number of alkyl halides is 3. The second kappa shape index (κ2) is 5.96. The summed E-state index contributed by atoms with van der Waals surface area (Å²) in [4.78, 5) is 0. The Labute approximate surface area is 113 Å². The van der Waals surface area contributed by atoms with Crippen LogP contribution in [0.15, 0.2) is 24.8 Å². The molecule has 0 radical (unpaired) electrons. The Morgan fingerprint density at radius 1 is 1.21 bits per heavy atom. The van der Waals surface area contributed by atoms with E-state index in [4.69, 9.17) is 0 Å². The molecule has 0 spiro atoms. The summed E-state index contributed by atoms with van der Waals surface area (Å²) < 4.78 is 38.9. The van der Waals surface area contributed by atoms with Crippen molar-refractivity contribution in [3.05, 3.63) is 30.4 Å². The standard InChI is InChI=1S/C10H12F3N5.ClH/c1-17-6-9(4-15-17)14-2-8-3-16-18(5-8)7-10(11,12)13;/h3-6,14H,2,7H2,1H3;1H. The SMILES string of the molecule is Cl.Cn1cc(NCc2cnn(CC(F)(F)F)c2)cn1. The van der Waals surface area contributed by atoms with Crippen LogP contribution in [0, 0.1) is 0 Å². The number of rotatable bonds is 4. The Morgan fingerprint density at radius 2 is 1.95 bits per heavy atom. The van der Waals surface area contributed by atoms with Gasteiger partial charge in [-0.25, -0.2) is 0 Å². The Bertz CT molecular complexity index is 519. The molecule has 9 heteroatoms. The van der Waals surface area contributed by atoms with Crippen molar-refractivity contribution in [3.8, 4) is 0 Å². The van der Waals surface area contributed by atoms with Gasteiger partial charge >= 0.3 is 6.18 Å². The van der Waals surface area contributed by atoms with E-state index in [1.54, 1.807) is 24.1 Å². The van der Waals surface area contributed by atoms with Gasteiger partial charge < -0.3 is 5.32 Å². The van der Waals surface area contributed by atoms with Gasteiger partial charge in [-0.05, 0) is 0 Å². The summed E-state index contributed by atoms with van der Waals surface area (Å²) >= 11 is 0. The average molecular weight is 296 g/mol. The highest BCUT2D eigenvalue weighted by molar-refractivity contribution is 5.85. The molecule has 2 heterocycles. The third-order valence-electron chi connectivity index (χ3n) is 2.23. The lowest BCUT2D eigenvalue weighted by Gasteiger charge is -2.05. The van der Waals surface area contributed by atoms with E-state index >= 15 is 0 Å². The lowest BCUT2D eigenvalue weighted by Crippen LogP contribution is -2.17. The zero-order chi connectivity index (χ0) is 13.2. The third-order valence-corrected chi connectivity index (χ3v) is 2.23. The molecule has 2 rings (SSSR count). The molecular weight excluding hydrogens is 283 g/mol. The summed E-state index contributed by atoms with van der Waals surface area (Å²) in [5.41, 5.74) is 1.49. The van der Waals surface area contributed by atoms with Crippen LogP contribution in [0.3, 0.4) is 0 Å². The van der Waals surface area contributed by atoms with Crippen molar-refractivity contribution in [2.75, 3.05) is 5.32 Å². The molecule has 106 valence electrons. The largest absolute Gasteiger partial charge is 0.408 e. The Kier molecular flexibility index (Phi) is 4.82. The van der Waals surface area contributed by atoms with Crippen LogP contribution < -0.4 is 5.32 Å². The molecule has 0 saturated heterocycles. The summed E-state index contributed by atoms with van der Waals surface area (Å²) in [6.45, 7) is -0.663. The molecule has 1 N–H and O–H groups in total. The molecule has 0 amide bonds. The first kappa shape index (κ1) is 15.4. The minimum Gasteiger partial charge on any atom is -0.378 e. The molecule has 5 nitrogen and oxygen atoms in total. The molecule has 0 aromatic carbocycles. The molecule has 0 aliphatic heterocycles. The van der Waals surface area contributed by atoms with E-state index in [9.17, 15) is 13.2 Å². The highest BCUT2D eigenvalue weighted by atomic mass is 35.5. The summed E-state index contributed by atoms with van der Waals surface area (Å²) in [6.07, 6.45) is 1.95. The van der Waals surface area contributed by atoms with Gasteiger partial charge in [0.25, 0.3) is 0 Å². The van der Waals surface area contributed by atoms with Gasteiger partial charge in [0, 0.05) is 31.5 Å². The topological polar surface area (TPSA) is 47.7 Å². The number of hydrogen-bond donors (Lipinski definition) is 1. The second-order valence-electron chi connectivity index (χ2n) is 3.92. The highest BCUT2D eigenvalue weighted by Crippen LogP contribution is 2.17. The van der Waals surface area contributed by atoms with Gasteiger partial charge in [-0.2, -0.15) is 23.4 Å². The van der Waals surface area contributed by atoms with Crippen LogP contribution in [-0.4, -0.2) is 25.7 Å². The molecule has 19 heavy (non-hydrogen) atoms. The van der Waals surface area contributed by atoms with Gasteiger partial charge in [0.15, 0.2) is 0 Å². The maximum atomic E-state index is 12.1. The zero-order valence-electron chi connectivity index (χ0n) is 10.1. The summed E-state index contributed by atoms with van der Waals surface area (Å²) in [5.74, 6) is 0. The van der Waals surface area contributed by atoms with Gasteiger partial charge in [-0.1, -0.05) is 0 Å². The number of aryl methyl sites for hydroxylation is 1. The van der Waals surface area contributed by atoms with Crippen molar-refractivity contribution in [3.63, 3.8) is 0 Å². The molecule has 0 bridgehead atoms. The van der Waals surface area contributed by atoms with Crippen molar-refractivity contribution in [2.24, 2.45) is 7.05 Å². The predicted molar refractivity (Wildman–Crippen MR) is 66.1 cm³/mol. The first-order valence-electron chi connectivity index (χ1n) is 5.23. The van der Waals surface area contributed by atoms with Gasteiger partial charge in [0.1, 0.15) is 6.54 Å². The molecule has 0 fully saturated rings. The number of anilines is 1. The lowest BCUT2D eigenvalue weighted by molar-refractivity contribution is -0.142. The van der Waals surface area contributed by atoms with Gasteiger partial charge in [0.2, 0.25) is 0 Å². The minimum absolute atomic E-state index is 0. The smallest absolute Gasteiger partial charge is 0.378 e. The maximum absolute atomic E-state index is 12.1. The van der Waals surface area contributed by atoms with Crippen LogP contribution in [0.2, 0.25) is 0 Å². The van der Waals surface area contributed by atoms with Crippen molar-refractivity contribution >= 4 is 18.1 Å². The normalized spacial score (nSPS) is 11.2. The fourth-order valence-electron chi connectivity index (χ4n) is 1.48. The van der Waals surface area contributed by atoms with E-state index in [1.165, 1.54) is 12.4 Å². The third kappa shape index (κ3) is 4.82. The van der Waals surface area contributed by atoms with Crippen molar-refractivity contribution in [1.29, 1.82) is 0 Å². The number of aromatic nitrogens is 4. The first-order valence-corrected chi connectivity index (χ1v) is 5.23. The van der Waals surface area contributed by atoms with Crippen LogP contribution in [0.5, 0.6) is 0 Å². The van der Waals surface area contributed by atoms with Crippen LogP contribution in [0.25, 0.3) is 0 Å². The van der Waals surface area contributed by atoms with E-state index in [2.05, 4.69) is 15.5 Å². The Hall–Kier alpha value is -1.70. The fourth-order valence-corrected chi connectivity index (χ4v) is 1.48. The van der Waals surface area contributed by atoms with Crippen LogP contribution in [0.1, 0.15) is 5.56 Å². The average Bonchev–Trinajstić information content (AvgIpc) is 2.82. The number of hydrogen-bond acceptors (Lipinski definition) is 3. The molecule has 2 aromatic rings. The highest BCUT2D eigenvalue weighted by Gasteiger charge is 2.28. The van der Waals surface area contributed by atoms with Crippen LogP contribution in [-0.2, 0) is 20.1 Å². The fraction of sp³-hybridized carbons (Fsp3) is 0.400. The van der Waals surface area contributed by atoms with E-state index in [0.29, 0.717) is 12.1 Å². The van der Waals surface area contributed by atoms with Crippen molar-refractivity contribution < 1.29 is 13.2 Å². The monoisotopic (exact) mass is 295 g/mol.